The minimum Gasteiger partial charge on any atom is -0.434 e. The van der Waals surface area contributed by atoms with Crippen LogP contribution in [0.15, 0.2) is 23.2 Å². The molecule has 1 aliphatic heterocycles. The van der Waals surface area contributed by atoms with Crippen LogP contribution in [0, 0.1) is 0 Å². The van der Waals surface area contributed by atoms with E-state index in [1.165, 1.54) is 18.6 Å². The lowest BCUT2D eigenvalue weighted by Gasteiger charge is -2.25. The summed E-state index contributed by atoms with van der Waals surface area (Å²) >= 11 is 5.98. The van der Waals surface area contributed by atoms with Crippen molar-refractivity contribution in [2.45, 2.75) is 32.0 Å². The summed E-state index contributed by atoms with van der Waals surface area (Å²) in [4.78, 5) is 6.59. The number of halogens is 3. The van der Waals surface area contributed by atoms with Crippen molar-refractivity contribution in [3.8, 4) is 5.75 Å². The summed E-state index contributed by atoms with van der Waals surface area (Å²) in [6, 6.07) is 4.98. The van der Waals surface area contributed by atoms with Gasteiger partial charge in [0.15, 0.2) is 5.96 Å². The largest absolute Gasteiger partial charge is 0.434 e. The van der Waals surface area contributed by atoms with Gasteiger partial charge in [-0.15, -0.1) is 0 Å². The first-order valence-electron chi connectivity index (χ1n) is 8.94. The van der Waals surface area contributed by atoms with Crippen molar-refractivity contribution in [3.05, 3.63) is 28.8 Å². The smallest absolute Gasteiger partial charge is 0.387 e. The van der Waals surface area contributed by atoms with Gasteiger partial charge < -0.3 is 20.1 Å². The molecule has 2 rings (SSSR count). The van der Waals surface area contributed by atoms with E-state index in [1.807, 2.05) is 0 Å². The number of likely N-dealkylation sites (tertiary alicyclic amines) is 1. The van der Waals surface area contributed by atoms with Gasteiger partial charge in [0, 0.05) is 50.4 Å². The maximum atomic E-state index is 12.6. The Labute approximate surface area is 163 Å². The van der Waals surface area contributed by atoms with Crippen LogP contribution >= 0.6 is 11.6 Å². The van der Waals surface area contributed by atoms with Gasteiger partial charge in [0.05, 0.1) is 6.61 Å². The van der Waals surface area contributed by atoms with Crippen molar-refractivity contribution in [2.24, 2.45) is 4.99 Å². The number of hydrogen-bond donors (Lipinski definition) is 2. The monoisotopic (exact) mass is 404 g/mol. The molecule has 6 nitrogen and oxygen atoms in total. The molecule has 0 saturated carbocycles. The third kappa shape index (κ3) is 7.12. The Hall–Kier alpha value is -1.64. The Bertz CT molecular complexity index is 619. The lowest BCUT2D eigenvalue weighted by molar-refractivity contribution is -0.0504. The van der Waals surface area contributed by atoms with Gasteiger partial charge in [0.1, 0.15) is 5.75 Å². The quantitative estimate of drug-likeness (QED) is 0.489. The molecule has 1 atom stereocenters. The van der Waals surface area contributed by atoms with Crippen LogP contribution < -0.4 is 15.4 Å². The second kappa shape index (κ2) is 11.3. The number of ether oxygens (including phenoxy) is 2. The van der Waals surface area contributed by atoms with Crippen molar-refractivity contribution >= 4 is 17.6 Å². The van der Waals surface area contributed by atoms with E-state index in [9.17, 15) is 8.78 Å². The number of hydrogen-bond acceptors (Lipinski definition) is 4. The normalized spacial score (nSPS) is 18.1. The lowest BCUT2D eigenvalue weighted by atomic mass is 10.2. The summed E-state index contributed by atoms with van der Waals surface area (Å²) in [5.74, 6) is 0.690. The molecule has 0 radical (unpaired) electrons. The number of methoxy groups -OCH3 is 1. The van der Waals surface area contributed by atoms with Crippen molar-refractivity contribution in [1.29, 1.82) is 0 Å². The molecule has 1 saturated heterocycles. The molecule has 152 valence electrons. The highest BCUT2D eigenvalue weighted by molar-refractivity contribution is 6.30. The molecule has 1 aromatic rings. The van der Waals surface area contributed by atoms with Gasteiger partial charge in [0.25, 0.3) is 0 Å². The minimum atomic E-state index is -2.89. The maximum absolute atomic E-state index is 12.6. The van der Waals surface area contributed by atoms with Gasteiger partial charge in [-0.1, -0.05) is 11.6 Å². The summed E-state index contributed by atoms with van der Waals surface area (Å²) in [6.07, 6.45) is 2.29. The third-order valence-corrected chi connectivity index (χ3v) is 4.73. The van der Waals surface area contributed by atoms with Crippen molar-refractivity contribution < 1.29 is 18.3 Å². The zero-order chi connectivity index (χ0) is 19.6. The van der Waals surface area contributed by atoms with Gasteiger partial charge in [-0.05, 0) is 37.6 Å². The average Bonchev–Trinajstić information content (AvgIpc) is 3.09. The van der Waals surface area contributed by atoms with Crippen LogP contribution in [-0.4, -0.2) is 63.9 Å². The number of alkyl halides is 2. The molecular weight excluding hydrogens is 378 g/mol. The predicted octanol–water partition coefficient (Wildman–Crippen LogP) is 2.72. The van der Waals surface area contributed by atoms with Crippen molar-refractivity contribution in [3.63, 3.8) is 0 Å². The molecule has 1 fully saturated rings. The van der Waals surface area contributed by atoms with Crippen LogP contribution in [0.25, 0.3) is 0 Å². The summed E-state index contributed by atoms with van der Waals surface area (Å²) < 4.78 is 34.8. The molecule has 0 bridgehead atoms. The number of rotatable bonds is 9. The number of nitrogens with zero attached hydrogens (tertiary/aromatic N) is 2. The molecule has 0 amide bonds. The first-order valence-corrected chi connectivity index (χ1v) is 9.32. The number of aliphatic imine (C=N–C) groups is 1. The summed E-state index contributed by atoms with van der Waals surface area (Å²) in [6.45, 7) is 0.817. The fraction of sp³-hybridized carbons (Fsp3) is 0.611. The summed E-state index contributed by atoms with van der Waals surface area (Å²) in [5.41, 5.74) is 0.535. The SMILES string of the molecule is CN=C(NCc1cc(Cl)ccc1OC(F)F)NCC1CCCN1CCOC. The Morgan fingerprint density at radius 2 is 2.22 bits per heavy atom. The molecule has 1 aromatic carbocycles. The van der Waals surface area contributed by atoms with Gasteiger partial charge in [-0.25, -0.2) is 0 Å². The molecule has 2 N–H and O–H groups in total. The maximum Gasteiger partial charge on any atom is 0.387 e. The van der Waals surface area contributed by atoms with Gasteiger partial charge in [-0.3, -0.25) is 9.89 Å². The molecule has 0 aromatic heterocycles. The molecule has 0 spiro atoms. The Balaban J connectivity index is 1.88. The Morgan fingerprint density at radius 3 is 2.93 bits per heavy atom. The van der Waals surface area contributed by atoms with Gasteiger partial charge in [-0.2, -0.15) is 8.78 Å². The van der Waals surface area contributed by atoms with E-state index in [0.29, 0.717) is 29.2 Å². The summed E-state index contributed by atoms with van der Waals surface area (Å²) in [7, 11) is 3.37. The molecule has 27 heavy (non-hydrogen) atoms. The highest BCUT2D eigenvalue weighted by atomic mass is 35.5. The summed E-state index contributed by atoms with van der Waals surface area (Å²) in [5, 5.41) is 6.87. The fourth-order valence-electron chi connectivity index (χ4n) is 3.14. The van der Waals surface area contributed by atoms with E-state index in [1.54, 1.807) is 20.2 Å². The number of benzene rings is 1. The molecule has 9 heteroatoms. The first-order chi connectivity index (χ1) is 13.0. The zero-order valence-electron chi connectivity index (χ0n) is 15.7. The van der Waals surface area contributed by atoms with Crippen LogP contribution in [-0.2, 0) is 11.3 Å². The average molecular weight is 405 g/mol. The molecule has 1 aliphatic rings. The van der Waals surface area contributed by atoms with E-state index < -0.39 is 6.61 Å². The highest BCUT2D eigenvalue weighted by Gasteiger charge is 2.24. The fourth-order valence-corrected chi connectivity index (χ4v) is 3.34. The first kappa shape index (κ1) is 21.7. The predicted molar refractivity (Wildman–Crippen MR) is 103 cm³/mol. The molecule has 1 heterocycles. The van der Waals surface area contributed by atoms with Crippen LogP contribution in [0.4, 0.5) is 8.78 Å². The Morgan fingerprint density at radius 1 is 1.41 bits per heavy atom. The Kier molecular flexibility index (Phi) is 9.03. The van der Waals surface area contributed by atoms with E-state index >= 15 is 0 Å². The number of guanidine groups is 1. The number of nitrogens with one attached hydrogen (secondary N) is 2. The van der Waals surface area contributed by atoms with E-state index in [0.717, 1.165) is 26.1 Å². The molecule has 0 aliphatic carbocycles. The van der Waals surface area contributed by atoms with Gasteiger partial charge in [0.2, 0.25) is 0 Å². The van der Waals surface area contributed by atoms with Crippen molar-refractivity contribution in [2.75, 3.05) is 40.4 Å². The van der Waals surface area contributed by atoms with Crippen LogP contribution in [0.2, 0.25) is 5.02 Å². The molecule has 1 unspecified atom stereocenters. The zero-order valence-corrected chi connectivity index (χ0v) is 16.4. The second-order valence-corrected chi connectivity index (χ2v) is 6.70. The van der Waals surface area contributed by atoms with E-state index in [-0.39, 0.29) is 12.3 Å². The van der Waals surface area contributed by atoms with Crippen LogP contribution in [0.1, 0.15) is 18.4 Å². The molecular formula is C18H27ClF2N4O2. The lowest BCUT2D eigenvalue weighted by Crippen LogP contribution is -2.45. The third-order valence-electron chi connectivity index (χ3n) is 4.50. The van der Waals surface area contributed by atoms with E-state index in [2.05, 4.69) is 25.3 Å². The minimum absolute atomic E-state index is 0.0962. The highest BCUT2D eigenvalue weighted by Crippen LogP contribution is 2.24. The standard InChI is InChI=1S/C18H27ClF2N4O2/c1-22-18(24-12-15-4-3-7-25(15)8-9-26-2)23-11-13-10-14(19)5-6-16(13)27-17(20)21/h5-6,10,15,17H,3-4,7-9,11-12H2,1-2H3,(H2,22,23,24). The topological polar surface area (TPSA) is 58.1 Å². The van der Waals surface area contributed by atoms with Gasteiger partial charge >= 0.3 is 6.61 Å². The van der Waals surface area contributed by atoms with Crippen LogP contribution in [0.3, 0.4) is 0 Å². The second-order valence-electron chi connectivity index (χ2n) is 6.26. The van der Waals surface area contributed by atoms with Crippen LogP contribution in [0.5, 0.6) is 5.75 Å². The van der Waals surface area contributed by atoms with Crippen molar-refractivity contribution in [1.82, 2.24) is 15.5 Å². The van der Waals surface area contributed by atoms with E-state index in [4.69, 9.17) is 16.3 Å².